The molecule has 0 radical (unpaired) electrons. The molecule has 1 aliphatic rings. The first-order chi connectivity index (χ1) is 11.5. The van der Waals surface area contributed by atoms with Crippen molar-refractivity contribution in [1.82, 2.24) is 4.90 Å². The zero-order valence-electron chi connectivity index (χ0n) is 12.8. The highest BCUT2D eigenvalue weighted by atomic mass is 32.2. The molecule has 4 nitrogen and oxygen atoms in total. The predicted molar refractivity (Wildman–Crippen MR) is 89.4 cm³/mol. The first kappa shape index (κ1) is 16.4. The van der Waals surface area contributed by atoms with Gasteiger partial charge < -0.3 is 4.90 Å². The van der Waals surface area contributed by atoms with E-state index in [0.29, 0.717) is 0 Å². The van der Waals surface area contributed by atoms with Crippen molar-refractivity contribution < 1.29 is 17.6 Å². The summed E-state index contributed by atoms with van der Waals surface area (Å²) in [6.07, 6.45) is 1.48. The molecular formula is C18H16FNO3S. The van der Waals surface area contributed by atoms with Gasteiger partial charge >= 0.3 is 0 Å². The van der Waals surface area contributed by atoms with Crippen molar-refractivity contribution in [1.29, 1.82) is 0 Å². The van der Waals surface area contributed by atoms with E-state index in [4.69, 9.17) is 0 Å². The van der Waals surface area contributed by atoms with Crippen LogP contribution in [-0.4, -0.2) is 31.0 Å². The van der Waals surface area contributed by atoms with E-state index in [1.165, 1.54) is 29.2 Å². The van der Waals surface area contributed by atoms with Crippen molar-refractivity contribution in [2.75, 3.05) is 5.75 Å². The number of benzene rings is 2. The molecule has 1 heterocycles. The fourth-order valence-electron chi connectivity index (χ4n) is 2.66. The van der Waals surface area contributed by atoms with Gasteiger partial charge in [0, 0.05) is 12.0 Å². The minimum Gasteiger partial charge on any atom is -0.327 e. The van der Waals surface area contributed by atoms with Crippen LogP contribution in [0, 0.1) is 5.82 Å². The average Bonchev–Trinajstić information content (AvgIpc) is 2.93. The molecule has 1 atom stereocenters. The third-order valence-electron chi connectivity index (χ3n) is 3.87. The summed E-state index contributed by atoms with van der Waals surface area (Å²) in [5, 5.41) is 1.12. The maximum atomic E-state index is 14.0. The number of sulfone groups is 1. The van der Waals surface area contributed by atoms with Gasteiger partial charge in [0.25, 0.3) is 5.91 Å². The summed E-state index contributed by atoms with van der Waals surface area (Å²) in [7, 11) is -3.33. The van der Waals surface area contributed by atoms with E-state index in [1.54, 1.807) is 6.07 Å². The van der Waals surface area contributed by atoms with E-state index >= 15 is 0 Å². The lowest BCUT2D eigenvalue weighted by atomic mass is 10.1. The quantitative estimate of drug-likeness (QED) is 0.856. The SMILES string of the molecule is O=C(c1ccccc1F)N(Cc1ccccc1)[C@H]1C=CS(=O)(=O)C1. The molecule has 0 saturated heterocycles. The van der Waals surface area contributed by atoms with Crippen LogP contribution in [0.4, 0.5) is 4.39 Å². The van der Waals surface area contributed by atoms with Crippen LogP contribution < -0.4 is 0 Å². The van der Waals surface area contributed by atoms with Gasteiger partial charge in [0.15, 0.2) is 9.84 Å². The van der Waals surface area contributed by atoms with Crippen molar-refractivity contribution in [3.63, 3.8) is 0 Å². The molecule has 1 amide bonds. The molecule has 0 bridgehead atoms. The molecule has 6 heteroatoms. The van der Waals surface area contributed by atoms with Gasteiger partial charge in [-0.1, -0.05) is 42.5 Å². The second kappa shape index (κ2) is 6.57. The lowest BCUT2D eigenvalue weighted by Gasteiger charge is -2.28. The van der Waals surface area contributed by atoms with Crippen molar-refractivity contribution >= 4 is 15.7 Å². The van der Waals surface area contributed by atoms with E-state index in [0.717, 1.165) is 11.0 Å². The average molecular weight is 345 g/mol. The van der Waals surface area contributed by atoms with Crippen LogP contribution in [0.5, 0.6) is 0 Å². The van der Waals surface area contributed by atoms with E-state index in [2.05, 4.69) is 0 Å². The van der Waals surface area contributed by atoms with Crippen LogP contribution in [0.3, 0.4) is 0 Å². The number of carbonyl (C=O) groups excluding carboxylic acids is 1. The molecule has 0 aliphatic carbocycles. The van der Waals surface area contributed by atoms with Crippen molar-refractivity contribution in [2.45, 2.75) is 12.6 Å². The first-order valence-corrected chi connectivity index (χ1v) is 9.18. The van der Waals surface area contributed by atoms with Crippen LogP contribution in [0.2, 0.25) is 0 Å². The molecule has 0 spiro atoms. The number of hydrogen-bond acceptors (Lipinski definition) is 3. The van der Waals surface area contributed by atoms with Gasteiger partial charge in [-0.3, -0.25) is 4.79 Å². The Morgan fingerprint density at radius 3 is 2.38 bits per heavy atom. The Morgan fingerprint density at radius 2 is 1.75 bits per heavy atom. The minimum absolute atomic E-state index is 0.0638. The van der Waals surface area contributed by atoms with Gasteiger partial charge in [-0.25, -0.2) is 12.8 Å². The molecule has 24 heavy (non-hydrogen) atoms. The van der Waals surface area contributed by atoms with Gasteiger partial charge in [-0.2, -0.15) is 0 Å². The Labute approximate surface area is 140 Å². The number of nitrogens with zero attached hydrogens (tertiary/aromatic N) is 1. The van der Waals surface area contributed by atoms with Crippen LogP contribution in [-0.2, 0) is 16.4 Å². The van der Waals surface area contributed by atoms with Crippen molar-refractivity contribution in [2.24, 2.45) is 0 Å². The normalized spacial score (nSPS) is 18.5. The zero-order valence-corrected chi connectivity index (χ0v) is 13.6. The van der Waals surface area contributed by atoms with Crippen molar-refractivity contribution in [3.8, 4) is 0 Å². The van der Waals surface area contributed by atoms with E-state index in [-0.39, 0.29) is 17.9 Å². The van der Waals surface area contributed by atoms with Crippen LogP contribution in [0.25, 0.3) is 0 Å². The van der Waals surface area contributed by atoms with E-state index < -0.39 is 27.6 Å². The molecule has 124 valence electrons. The summed E-state index contributed by atoms with van der Waals surface area (Å²) < 4.78 is 37.4. The molecule has 0 aromatic heterocycles. The zero-order chi connectivity index (χ0) is 17.2. The molecule has 0 N–H and O–H groups in total. The summed E-state index contributed by atoms with van der Waals surface area (Å²) in [5.74, 6) is -1.32. The lowest BCUT2D eigenvalue weighted by Crippen LogP contribution is -2.40. The molecule has 0 fully saturated rings. The standard InChI is InChI=1S/C18H16FNO3S/c19-17-9-5-4-8-16(17)18(21)20(12-14-6-2-1-3-7-14)15-10-11-24(22,23)13-15/h1-11,15H,12-13H2/t15-/m0/s1. The maximum Gasteiger partial charge on any atom is 0.257 e. The van der Waals surface area contributed by atoms with Gasteiger partial charge in [0.05, 0.1) is 17.4 Å². The summed E-state index contributed by atoms with van der Waals surface area (Å²) in [4.78, 5) is 14.2. The summed E-state index contributed by atoms with van der Waals surface area (Å²) in [6.45, 7) is 0.207. The highest BCUT2D eigenvalue weighted by molar-refractivity contribution is 7.94. The molecule has 2 aromatic rings. The van der Waals surface area contributed by atoms with Crippen LogP contribution >= 0.6 is 0 Å². The number of hydrogen-bond donors (Lipinski definition) is 0. The Morgan fingerprint density at radius 1 is 1.08 bits per heavy atom. The molecule has 0 saturated carbocycles. The summed E-state index contributed by atoms with van der Waals surface area (Å²) in [6, 6.07) is 14.3. The maximum absolute atomic E-state index is 14.0. The van der Waals surface area contributed by atoms with Gasteiger partial charge in [0.2, 0.25) is 0 Å². The third-order valence-corrected chi connectivity index (χ3v) is 5.25. The van der Waals surface area contributed by atoms with Gasteiger partial charge in [0.1, 0.15) is 5.82 Å². The smallest absolute Gasteiger partial charge is 0.257 e. The third kappa shape index (κ3) is 3.54. The minimum atomic E-state index is -3.33. The topological polar surface area (TPSA) is 54.5 Å². The monoisotopic (exact) mass is 345 g/mol. The predicted octanol–water partition coefficient (Wildman–Crippen LogP) is 2.78. The van der Waals surface area contributed by atoms with Crippen LogP contribution in [0.1, 0.15) is 15.9 Å². The number of carbonyl (C=O) groups is 1. The first-order valence-electron chi connectivity index (χ1n) is 7.47. The number of rotatable bonds is 4. The molecule has 0 unspecified atom stereocenters. The lowest BCUT2D eigenvalue weighted by molar-refractivity contribution is 0.0708. The van der Waals surface area contributed by atoms with E-state index in [1.807, 2.05) is 30.3 Å². The van der Waals surface area contributed by atoms with E-state index in [9.17, 15) is 17.6 Å². The van der Waals surface area contributed by atoms with Gasteiger partial charge in [-0.15, -0.1) is 0 Å². The second-order valence-electron chi connectivity index (χ2n) is 5.62. The highest BCUT2D eigenvalue weighted by Gasteiger charge is 2.31. The number of halogens is 1. The Balaban J connectivity index is 1.94. The summed E-state index contributed by atoms with van der Waals surface area (Å²) >= 11 is 0. The highest BCUT2D eigenvalue weighted by Crippen LogP contribution is 2.21. The molecular weight excluding hydrogens is 329 g/mol. The largest absolute Gasteiger partial charge is 0.327 e. The summed E-state index contributed by atoms with van der Waals surface area (Å²) in [5.41, 5.74) is 0.783. The Kier molecular flexibility index (Phi) is 4.49. The second-order valence-corrected chi connectivity index (χ2v) is 7.56. The Hall–Kier alpha value is -2.47. The Bertz CT molecular complexity index is 878. The molecule has 2 aromatic carbocycles. The van der Waals surface area contributed by atoms with Crippen molar-refractivity contribution in [3.05, 3.63) is 83.0 Å². The number of amides is 1. The van der Waals surface area contributed by atoms with Gasteiger partial charge in [-0.05, 0) is 23.8 Å². The van der Waals surface area contributed by atoms with Crippen LogP contribution in [0.15, 0.2) is 66.1 Å². The molecule has 3 rings (SSSR count). The fourth-order valence-corrected chi connectivity index (χ4v) is 3.96. The molecule has 1 aliphatic heterocycles. The fraction of sp³-hybridized carbons (Fsp3) is 0.167.